The summed E-state index contributed by atoms with van der Waals surface area (Å²) in [4.78, 5) is 2.48. The van der Waals surface area contributed by atoms with Gasteiger partial charge in [-0.05, 0) is 30.9 Å². The molecule has 4 heteroatoms. The molecule has 2 atom stereocenters. The number of fused-ring (bicyclic) bond motifs is 1. The first-order chi connectivity index (χ1) is 10.2. The van der Waals surface area contributed by atoms with E-state index in [1.54, 1.807) is 14.2 Å². The first-order valence-electron chi connectivity index (χ1n) is 7.78. The molecule has 0 spiro atoms. The molecule has 1 N–H and O–H groups in total. The van der Waals surface area contributed by atoms with Crippen LogP contribution in [-0.2, 0) is 15.9 Å². The maximum Gasteiger partial charge on any atom is 0.0615 e. The summed E-state index contributed by atoms with van der Waals surface area (Å²) < 4.78 is 10.6. The number of anilines is 1. The van der Waals surface area contributed by atoms with E-state index in [0.29, 0.717) is 12.0 Å². The summed E-state index contributed by atoms with van der Waals surface area (Å²) in [5, 5.41) is 3.56. The van der Waals surface area contributed by atoms with Crippen molar-refractivity contribution in [1.29, 1.82) is 0 Å². The maximum absolute atomic E-state index is 5.31. The van der Waals surface area contributed by atoms with Crippen molar-refractivity contribution in [2.24, 2.45) is 5.92 Å². The quantitative estimate of drug-likeness (QED) is 0.797. The number of nitrogens with zero attached hydrogens (tertiary/aromatic N) is 1. The van der Waals surface area contributed by atoms with E-state index < -0.39 is 0 Å². The van der Waals surface area contributed by atoms with Crippen molar-refractivity contribution in [3.8, 4) is 0 Å². The topological polar surface area (TPSA) is 33.7 Å². The second-order valence-electron chi connectivity index (χ2n) is 5.90. The number of hydrogen-bond acceptors (Lipinski definition) is 4. The van der Waals surface area contributed by atoms with Gasteiger partial charge in [-0.15, -0.1) is 0 Å². The molecular formula is C17H28N2O2. The smallest absolute Gasteiger partial charge is 0.0615 e. The third-order valence-electron chi connectivity index (χ3n) is 4.21. The molecule has 0 amide bonds. The van der Waals surface area contributed by atoms with E-state index in [4.69, 9.17) is 9.47 Å². The number of nitrogens with one attached hydrogen (secondary N) is 1. The number of rotatable bonds is 8. The Balaban J connectivity index is 1.94. The molecule has 1 aliphatic rings. The Bertz CT molecular complexity index is 425. The molecule has 4 nitrogen and oxygen atoms in total. The average molecular weight is 292 g/mol. The molecule has 0 saturated heterocycles. The molecule has 0 aliphatic carbocycles. The van der Waals surface area contributed by atoms with Crippen LogP contribution in [-0.4, -0.2) is 58.0 Å². The standard InChI is InChI=1S/C17H28N2O2/c1-14(13-21-3)19(8-9-20-2)12-15-10-16-6-4-5-7-17(16)18-11-15/h4-7,14-15,18H,8-13H2,1-3H3. The van der Waals surface area contributed by atoms with Crippen molar-refractivity contribution >= 4 is 5.69 Å². The van der Waals surface area contributed by atoms with Gasteiger partial charge >= 0.3 is 0 Å². The van der Waals surface area contributed by atoms with Gasteiger partial charge in [-0.1, -0.05) is 18.2 Å². The first kappa shape index (κ1) is 16.3. The molecule has 2 rings (SSSR count). The van der Waals surface area contributed by atoms with Crippen LogP contribution in [0.3, 0.4) is 0 Å². The average Bonchev–Trinajstić information content (AvgIpc) is 2.51. The Morgan fingerprint density at radius 2 is 2.10 bits per heavy atom. The van der Waals surface area contributed by atoms with E-state index in [-0.39, 0.29) is 0 Å². The van der Waals surface area contributed by atoms with Crippen LogP contribution >= 0.6 is 0 Å². The molecule has 1 aromatic rings. The van der Waals surface area contributed by atoms with Crippen molar-refractivity contribution in [2.75, 3.05) is 52.4 Å². The van der Waals surface area contributed by atoms with Crippen LogP contribution in [0.4, 0.5) is 5.69 Å². The lowest BCUT2D eigenvalue weighted by Crippen LogP contribution is -2.44. The van der Waals surface area contributed by atoms with Gasteiger partial charge in [0.1, 0.15) is 0 Å². The van der Waals surface area contributed by atoms with E-state index in [2.05, 4.69) is 41.4 Å². The fourth-order valence-corrected chi connectivity index (χ4v) is 3.02. The lowest BCUT2D eigenvalue weighted by molar-refractivity contribution is 0.0657. The van der Waals surface area contributed by atoms with E-state index >= 15 is 0 Å². The highest BCUT2D eigenvalue weighted by atomic mass is 16.5. The number of hydrogen-bond donors (Lipinski definition) is 1. The minimum Gasteiger partial charge on any atom is -0.384 e. The van der Waals surface area contributed by atoms with E-state index in [9.17, 15) is 0 Å². The minimum atomic E-state index is 0.419. The van der Waals surface area contributed by atoms with Crippen LogP contribution in [0.2, 0.25) is 0 Å². The lowest BCUT2D eigenvalue weighted by Gasteiger charge is -2.34. The van der Waals surface area contributed by atoms with E-state index in [0.717, 1.165) is 39.3 Å². The first-order valence-corrected chi connectivity index (χ1v) is 7.78. The molecular weight excluding hydrogens is 264 g/mol. The summed E-state index contributed by atoms with van der Waals surface area (Å²) in [5.41, 5.74) is 2.72. The number of ether oxygens (including phenoxy) is 2. The Morgan fingerprint density at radius 1 is 1.29 bits per heavy atom. The molecule has 1 heterocycles. The van der Waals surface area contributed by atoms with Crippen molar-refractivity contribution in [2.45, 2.75) is 19.4 Å². The van der Waals surface area contributed by atoms with Gasteiger partial charge in [0, 0.05) is 45.6 Å². The third-order valence-corrected chi connectivity index (χ3v) is 4.21. The fourth-order valence-electron chi connectivity index (χ4n) is 3.02. The van der Waals surface area contributed by atoms with Crippen LogP contribution in [0.1, 0.15) is 12.5 Å². The molecule has 118 valence electrons. The van der Waals surface area contributed by atoms with Crippen molar-refractivity contribution in [3.63, 3.8) is 0 Å². The normalized spacial score (nSPS) is 19.1. The second kappa shape index (κ2) is 8.37. The lowest BCUT2D eigenvalue weighted by atomic mass is 9.93. The highest BCUT2D eigenvalue weighted by Gasteiger charge is 2.22. The van der Waals surface area contributed by atoms with Gasteiger partial charge in [0.15, 0.2) is 0 Å². The largest absolute Gasteiger partial charge is 0.384 e. The summed E-state index contributed by atoms with van der Waals surface area (Å²) in [5.74, 6) is 0.635. The summed E-state index contributed by atoms with van der Waals surface area (Å²) in [6.07, 6.45) is 1.15. The zero-order chi connectivity index (χ0) is 15.1. The number of methoxy groups -OCH3 is 2. The third kappa shape index (κ3) is 4.70. The fraction of sp³-hybridized carbons (Fsp3) is 0.647. The molecule has 0 bridgehead atoms. The van der Waals surface area contributed by atoms with Crippen molar-refractivity contribution in [3.05, 3.63) is 29.8 Å². The van der Waals surface area contributed by atoms with Gasteiger partial charge in [-0.2, -0.15) is 0 Å². The SMILES string of the molecule is COCCN(CC1CNc2ccccc2C1)C(C)COC. The molecule has 21 heavy (non-hydrogen) atoms. The predicted molar refractivity (Wildman–Crippen MR) is 86.9 cm³/mol. The molecule has 0 fully saturated rings. The van der Waals surface area contributed by atoms with Crippen LogP contribution in [0.15, 0.2) is 24.3 Å². The van der Waals surface area contributed by atoms with E-state index in [1.807, 2.05) is 0 Å². The summed E-state index contributed by atoms with van der Waals surface area (Å²) >= 11 is 0. The van der Waals surface area contributed by atoms with Gasteiger partial charge in [0.05, 0.1) is 13.2 Å². The highest BCUT2D eigenvalue weighted by Crippen LogP contribution is 2.25. The Hall–Kier alpha value is -1.10. The van der Waals surface area contributed by atoms with E-state index in [1.165, 1.54) is 11.3 Å². The van der Waals surface area contributed by atoms with Crippen molar-refractivity contribution in [1.82, 2.24) is 4.90 Å². The number of para-hydroxylation sites is 1. The van der Waals surface area contributed by atoms with Crippen LogP contribution in [0, 0.1) is 5.92 Å². The van der Waals surface area contributed by atoms with Crippen molar-refractivity contribution < 1.29 is 9.47 Å². The monoisotopic (exact) mass is 292 g/mol. The molecule has 2 unspecified atom stereocenters. The van der Waals surface area contributed by atoms with Crippen LogP contribution in [0.25, 0.3) is 0 Å². The van der Waals surface area contributed by atoms with Gasteiger partial charge < -0.3 is 14.8 Å². The summed E-state index contributed by atoms with van der Waals surface area (Å²) in [6, 6.07) is 9.04. The molecule has 1 aromatic carbocycles. The Kier molecular flexibility index (Phi) is 6.49. The molecule has 0 aromatic heterocycles. The summed E-state index contributed by atoms with van der Waals surface area (Å²) in [7, 11) is 3.53. The Labute approximate surface area is 128 Å². The number of benzene rings is 1. The Morgan fingerprint density at radius 3 is 2.86 bits per heavy atom. The zero-order valence-corrected chi connectivity index (χ0v) is 13.5. The van der Waals surface area contributed by atoms with Gasteiger partial charge in [-0.25, -0.2) is 0 Å². The second-order valence-corrected chi connectivity index (χ2v) is 5.90. The molecule has 0 saturated carbocycles. The summed E-state index contributed by atoms with van der Waals surface area (Å²) in [6.45, 7) is 6.84. The van der Waals surface area contributed by atoms with Gasteiger partial charge in [-0.3, -0.25) is 4.90 Å². The van der Waals surface area contributed by atoms with Gasteiger partial charge in [0.2, 0.25) is 0 Å². The molecule has 0 radical (unpaired) electrons. The zero-order valence-electron chi connectivity index (χ0n) is 13.5. The minimum absolute atomic E-state index is 0.419. The van der Waals surface area contributed by atoms with Crippen LogP contribution < -0.4 is 5.32 Å². The predicted octanol–water partition coefficient (Wildman–Crippen LogP) is 2.25. The molecule has 1 aliphatic heterocycles. The highest BCUT2D eigenvalue weighted by molar-refractivity contribution is 5.53. The van der Waals surface area contributed by atoms with Crippen LogP contribution in [0.5, 0.6) is 0 Å². The maximum atomic E-state index is 5.31. The van der Waals surface area contributed by atoms with Gasteiger partial charge in [0.25, 0.3) is 0 Å².